The van der Waals surface area contributed by atoms with Crippen LogP contribution in [0.3, 0.4) is 0 Å². The average Bonchev–Trinajstić information content (AvgIpc) is 2.77. The van der Waals surface area contributed by atoms with Gasteiger partial charge in [0.1, 0.15) is 0 Å². The van der Waals surface area contributed by atoms with Gasteiger partial charge in [0.05, 0.1) is 0 Å². The van der Waals surface area contributed by atoms with Crippen molar-refractivity contribution in [2.75, 3.05) is 19.8 Å². The number of ether oxygens (including phenoxy) is 1. The first kappa shape index (κ1) is 14.0. The van der Waals surface area contributed by atoms with Crippen molar-refractivity contribution >= 4 is 0 Å². The molecule has 0 aromatic heterocycles. The number of hydrogen-bond donors (Lipinski definition) is 1. The molecule has 2 heteroatoms. The lowest BCUT2D eigenvalue weighted by molar-refractivity contribution is 0.180. The van der Waals surface area contributed by atoms with E-state index in [4.69, 9.17) is 4.74 Å². The number of nitrogens with one attached hydrogen (secondary N) is 1. The number of unbranched alkanes of at least 4 members (excludes halogenated alkanes) is 3. The summed E-state index contributed by atoms with van der Waals surface area (Å²) >= 11 is 0. The molecule has 1 aliphatic heterocycles. The van der Waals surface area contributed by atoms with Crippen molar-refractivity contribution in [3.8, 4) is 0 Å². The van der Waals surface area contributed by atoms with Gasteiger partial charge in [0.25, 0.3) is 0 Å². The molecule has 0 radical (unpaired) electrons. The zero-order chi connectivity index (χ0) is 11.6. The third-order valence-corrected chi connectivity index (χ3v) is 3.54. The summed E-state index contributed by atoms with van der Waals surface area (Å²) in [5.74, 6) is 0.815. The van der Waals surface area contributed by atoms with Crippen LogP contribution in [0.15, 0.2) is 0 Å². The minimum absolute atomic E-state index is 0.730. The van der Waals surface area contributed by atoms with Crippen molar-refractivity contribution in [1.29, 1.82) is 0 Å². The van der Waals surface area contributed by atoms with Crippen molar-refractivity contribution in [2.45, 2.75) is 64.8 Å². The highest BCUT2D eigenvalue weighted by molar-refractivity contribution is 4.74. The molecule has 0 amide bonds. The molecule has 2 atom stereocenters. The summed E-state index contributed by atoms with van der Waals surface area (Å²) in [4.78, 5) is 0. The normalized spacial score (nSPS) is 22.5. The average molecular weight is 227 g/mol. The van der Waals surface area contributed by atoms with Crippen LogP contribution in [0.5, 0.6) is 0 Å². The Morgan fingerprint density at radius 2 is 2.12 bits per heavy atom. The van der Waals surface area contributed by atoms with Crippen LogP contribution >= 0.6 is 0 Å². The second-order valence-electron chi connectivity index (χ2n) is 5.07. The van der Waals surface area contributed by atoms with Gasteiger partial charge in [0, 0.05) is 19.3 Å². The summed E-state index contributed by atoms with van der Waals surface area (Å²) in [6, 6.07) is 0.730. The van der Waals surface area contributed by atoms with Gasteiger partial charge in [-0.25, -0.2) is 0 Å². The van der Waals surface area contributed by atoms with Crippen LogP contribution in [0.4, 0.5) is 0 Å². The van der Waals surface area contributed by atoms with Gasteiger partial charge in [-0.15, -0.1) is 0 Å². The molecule has 0 aromatic carbocycles. The summed E-state index contributed by atoms with van der Waals surface area (Å²) in [6.07, 6.45) is 9.47. The Hall–Kier alpha value is -0.0800. The number of rotatable bonds is 9. The standard InChI is InChI=1S/C14H29NO/c1-3-5-6-7-8-14(15-4-2)11-13-9-10-16-12-13/h13-15H,3-12H2,1-2H3. The highest BCUT2D eigenvalue weighted by atomic mass is 16.5. The molecule has 0 spiro atoms. The lowest BCUT2D eigenvalue weighted by atomic mass is 9.95. The van der Waals surface area contributed by atoms with Gasteiger partial charge >= 0.3 is 0 Å². The van der Waals surface area contributed by atoms with E-state index in [9.17, 15) is 0 Å². The maximum atomic E-state index is 5.45. The SMILES string of the molecule is CCCCCCC(CC1CCOC1)NCC. The predicted octanol–water partition coefficient (Wildman–Crippen LogP) is 3.36. The largest absolute Gasteiger partial charge is 0.381 e. The Balaban J connectivity index is 2.12. The van der Waals surface area contributed by atoms with Crippen molar-refractivity contribution in [3.05, 3.63) is 0 Å². The highest BCUT2D eigenvalue weighted by Crippen LogP contribution is 2.20. The Bertz CT molecular complexity index is 155. The molecule has 1 aliphatic rings. The van der Waals surface area contributed by atoms with E-state index in [1.54, 1.807) is 0 Å². The maximum absolute atomic E-state index is 5.45. The Morgan fingerprint density at radius 3 is 2.75 bits per heavy atom. The molecule has 0 bridgehead atoms. The van der Waals surface area contributed by atoms with E-state index in [0.29, 0.717) is 0 Å². The van der Waals surface area contributed by atoms with Crippen LogP contribution in [0.1, 0.15) is 58.8 Å². The minimum Gasteiger partial charge on any atom is -0.381 e. The monoisotopic (exact) mass is 227 g/mol. The molecule has 0 aromatic rings. The van der Waals surface area contributed by atoms with Gasteiger partial charge < -0.3 is 10.1 Å². The first-order chi connectivity index (χ1) is 7.86. The van der Waals surface area contributed by atoms with Crippen LogP contribution in [0.2, 0.25) is 0 Å². The fraction of sp³-hybridized carbons (Fsp3) is 1.00. The van der Waals surface area contributed by atoms with Crippen LogP contribution in [0, 0.1) is 5.92 Å². The molecule has 1 saturated heterocycles. The third kappa shape index (κ3) is 5.86. The first-order valence-corrected chi connectivity index (χ1v) is 7.18. The lowest BCUT2D eigenvalue weighted by Crippen LogP contribution is -2.31. The number of hydrogen-bond acceptors (Lipinski definition) is 2. The fourth-order valence-corrected chi connectivity index (χ4v) is 2.58. The van der Waals surface area contributed by atoms with Gasteiger partial charge in [-0.2, -0.15) is 0 Å². The second kappa shape index (κ2) is 9.00. The van der Waals surface area contributed by atoms with Crippen molar-refractivity contribution in [3.63, 3.8) is 0 Å². The molecule has 1 fully saturated rings. The van der Waals surface area contributed by atoms with Crippen molar-refractivity contribution in [1.82, 2.24) is 5.32 Å². The molecule has 96 valence electrons. The van der Waals surface area contributed by atoms with E-state index in [-0.39, 0.29) is 0 Å². The first-order valence-electron chi connectivity index (χ1n) is 7.18. The molecule has 0 saturated carbocycles. The summed E-state index contributed by atoms with van der Waals surface area (Å²) in [6.45, 7) is 7.57. The van der Waals surface area contributed by atoms with Gasteiger partial charge in [0.2, 0.25) is 0 Å². The van der Waals surface area contributed by atoms with E-state index in [2.05, 4.69) is 19.2 Å². The van der Waals surface area contributed by atoms with Gasteiger partial charge in [-0.05, 0) is 31.7 Å². The summed E-state index contributed by atoms with van der Waals surface area (Å²) < 4.78 is 5.45. The van der Waals surface area contributed by atoms with E-state index < -0.39 is 0 Å². The summed E-state index contributed by atoms with van der Waals surface area (Å²) in [5.41, 5.74) is 0. The molecule has 2 unspecified atom stereocenters. The molecule has 0 aliphatic carbocycles. The molecular weight excluding hydrogens is 198 g/mol. The quantitative estimate of drug-likeness (QED) is 0.610. The Kier molecular flexibility index (Phi) is 7.87. The molecule has 1 heterocycles. The molecule has 16 heavy (non-hydrogen) atoms. The van der Waals surface area contributed by atoms with E-state index >= 15 is 0 Å². The van der Waals surface area contributed by atoms with Crippen LogP contribution in [0.25, 0.3) is 0 Å². The molecule has 1 rings (SSSR count). The smallest absolute Gasteiger partial charge is 0.0495 e. The minimum atomic E-state index is 0.730. The van der Waals surface area contributed by atoms with Crippen LogP contribution < -0.4 is 5.32 Å². The summed E-state index contributed by atoms with van der Waals surface area (Å²) in [5, 5.41) is 3.63. The highest BCUT2D eigenvalue weighted by Gasteiger charge is 2.19. The topological polar surface area (TPSA) is 21.3 Å². The van der Waals surface area contributed by atoms with Crippen LogP contribution in [-0.4, -0.2) is 25.8 Å². The zero-order valence-corrected chi connectivity index (χ0v) is 11.1. The Morgan fingerprint density at radius 1 is 1.25 bits per heavy atom. The van der Waals surface area contributed by atoms with Crippen molar-refractivity contribution in [2.24, 2.45) is 5.92 Å². The van der Waals surface area contributed by atoms with Gasteiger partial charge in [0.15, 0.2) is 0 Å². The van der Waals surface area contributed by atoms with Gasteiger partial charge in [-0.1, -0.05) is 39.5 Å². The van der Waals surface area contributed by atoms with Crippen LogP contribution in [-0.2, 0) is 4.74 Å². The summed E-state index contributed by atoms with van der Waals surface area (Å²) in [7, 11) is 0. The van der Waals surface area contributed by atoms with E-state index in [1.165, 1.54) is 44.9 Å². The van der Waals surface area contributed by atoms with E-state index in [1.807, 2.05) is 0 Å². The van der Waals surface area contributed by atoms with Gasteiger partial charge in [-0.3, -0.25) is 0 Å². The second-order valence-corrected chi connectivity index (χ2v) is 5.07. The van der Waals surface area contributed by atoms with E-state index in [0.717, 1.165) is 31.7 Å². The molecule has 1 N–H and O–H groups in total. The third-order valence-electron chi connectivity index (χ3n) is 3.54. The fourth-order valence-electron chi connectivity index (χ4n) is 2.58. The predicted molar refractivity (Wildman–Crippen MR) is 69.8 cm³/mol. The zero-order valence-electron chi connectivity index (χ0n) is 11.1. The maximum Gasteiger partial charge on any atom is 0.0495 e. The lowest BCUT2D eigenvalue weighted by Gasteiger charge is -2.20. The Labute approximate surface area is 101 Å². The molecular formula is C14H29NO. The molecule has 2 nitrogen and oxygen atoms in total. The van der Waals surface area contributed by atoms with Crippen molar-refractivity contribution < 1.29 is 4.74 Å².